The van der Waals surface area contributed by atoms with Crippen LogP contribution in [-0.2, 0) is 31.0 Å². The van der Waals surface area contributed by atoms with E-state index < -0.39 is 13.8 Å². The Morgan fingerprint density at radius 2 is 1.64 bits per heavy atom. The van der Waals surface area contributed by atoms with Crippen LogP contribution in [0.2, 0.25) is 0 Å². The molecule has 0 aliphatic carbocycles. The van der Waals surface area contributed by atoms with Crippen LogP contribution in [-0.4, -0.2) is 119 Å². The van der Waals surface area contributed by atoms with E-state index in [1.807, 2.05) is 0 Å². The Morgan fingerprint density at radius 3 is 1.64 bits per heavy atom. The first-order chi connectivity index (χ1) is 3.42. The maximum atomic E-state index is 9.74. The van der Waals surface area contributed by atoms with E-state index in [1.165, 1.54) is 0 Å². The zero-order valence-electron chi connectivity index (χ0n) is 4.37. The van der Waals surface area contributed by atoms with E-state index in [4.69, 9.17) is 9.79 Å². The van der Waals surface area contributed by atoms with Gasteiger partial charge in [-0.05, 0) is 0 Å². The van der Waals surface area contributed by atoms with E-state index >= 15 is 0 Å². The average molecular weight is 284 g/mol. The van der Waals surface area contributed by atoms with Gasteiger partial charge in [0.05, 0.1) is 0 Å². The predicted octanol–water partition coefficient (Wildman–Crippen LogP) is -1.66. The van der Waals surface area contributed by atoms with Crippen LogP contribution in [0.4, 0.5) is 0 Å². The van der Waals surface area contributed by atoms with E-state index in [0.717, 1.165) is 6.92 Å². The molecule has 0 bridgehead atoms. The van der Waals surface area contributed by atoms with Crippen molar-refractivity contribution >= 4 is 117 Å². The molecule has 0 rings (SSSR count). The van der Waals surface area contributed by atoms with Crippen LogP contribution in [0.1, 0.15) is 6.92 Å². The number of phosphoric ester groups is 1. The number of rotatable bonds is 1. The Kier molecular flexibility index (Phi) is 25.0. The van der Waals surface area contributed by atoms with E-state index in [-0.39, 0.29) is 120 Å². The van der Waals surface area contributed by atoms with Crippen molar-refractivity contribution in [3.63, 3.8) is 0 Å². The SMILES string of the molecule is CC(=O)OP(=O)(O)O.[Cu].[KH].[KH]. The molecular weight excluding hydrogens is 277 g/mol. The van der Waals surface area contributed by atoms with Gasteiger partial charge in [0.25, 0.3) is 0 Å². The zero-order chi connectivity index (χ0) is 6.78. The number of carbonyl (C=O) groups excluding carboxylic acids is 1. The first-order valence-corrected chi connectivity index (χ1v) is 3.20. The number of hydrogen-bond donors (Lipinski definition) is 2. The monoisotopic (exact) mass is 283 g/mol. The Bertz CT molecular complexity index is 145. The second kappa shape index (κ2) is 11.5. The molecule has 0 fully saturated rings. The number of hydrogen-bond acceptors (Lipinski definition) is 3. The topological polar surface area (TPSA) is 83.8 Å². The van der Waals surface area contributed by atoms with Gasteiger partial charge in [-0.3, -0.25) is 14.6 Å². The molecule has 0 aliphatic heterocycles. The molecule has 0 saturated carbocycles. The third-order valence-electron chi connectivity index (χ3n) is 0.247. The molecular formula is C2H7CuK2O5P. The quantitative estimate of drug-likeness (QED) is 0.445. The molecule has 5 nitrogen and oxygen atoms in total. The second-order valence-corrected chi connectivity index (χ2v) is 2.24. The number of carbonyl (C=O) groups is 1. The van der Waals surface area contributed by atoms with Crippen LogP contribution in [0, 0.1) is 0 Å². The molecule has 0 spiro atoms. The summed E-state index contributed by atoms with van der Waals surface area (Å²) < 4.78 is 13.2. The fourth-order valence-electron chi connectivity index (χ4n) is 0.167. The van der Waals surface area contributed by atoms with Gasteiger partial charge in [-0.25, -0.2) is 4.57 Å². The molecule has 11 heavy (non-hydrogen) atoms. The van der Waals surface area contributed by atoms with Crippen molar-refractivity contribution in [3.05, 3.63) is 0 Å². The van der Waals surface area contributed by atoms with Gasteiger partial charge in [-0.15, -0.1) is 0 Å². The molecule has 0 aromatic heterocycles. The molecule has 0 heterocycles. The summed E-state index contributed by atoms with van der Waals surface area (Å²) in [6.07, 6.45) is 0. The Morgan fingerprint density at radius 1 is 1.36 bits per heavy atom. The summed E-state index contributed by atoms with van der Waals surface area (Å²) >= 11 is 0. The van der Waals surface area contributed by atoms with Gasteiger partial charge < -0.3 is 4.52 Å². The maximum absolute atomic E-state index is 9.74. The predicted molar refractivity (Wildman–Crippen MR) is 38.1 cm³/mol. The number of phosphoric acid groups is 1. The van der Waals surface area contributed by atoms with E-state index in [9.17, 15) is 9.36 Å². The summed E-state index contributed by atoms with van der Waals surface area (Å²) in [5.74, 6) is -0.988. The summed E-state index contributed by atoms with van der Waals surface area (Å²) in [6.45, 7) is 0.916. The zero-order valence-corrected chi connectivity index (χ0v) is 6.20. The minimum atomic E-state index is -4.57. The van der Waals surface area contributed by atoms with Crippen LogP contribution in [0.25, 0.3) is 0 Å². The van der Waals surface area contributed by atoms with Gasteiger partial charge >= 0.3 is 117 Å². The Hall–Kier alpha value is 3.41. The standard InChI is InChI=1S/C2H5O5P.Cu.2K.2H/c1-2(3)7-8(4,5)6;;;;;/h1H3,(H2,4,5,6);;;;;. The molecule has 0 aliphatic rings. The first kappa shape index (κ1) is 23.9. The Labute approximate surface area is 160 Å². The molecule has 9 heteroatoms. The van der Waals surface area contributed by atoms with E-state index in [2.05, 4.69) is 4.52 Å². The molecule has 0 saturated heterocycles. The van der Waals surface area contributed by atoms with Crippen molar-refractivity contribution in [1.82, 2.24) is 0 Å². The van der Waals surface area contributed by atoms with Gasteiger partial charge in [0, 0.05) is 24.0 Å². The molecule has 1 radical (unpaired) electrons. The van der Waals surface area contributed by atoms with Crippen LogP contribution in [0.3, 0.4) is 0 Å². The molecule has 0 atom stereocenters. The van der Waals surface area contributed by atoms with Crippen LogP contribution in [0.15, 0.2) is 0 Å². The summed E-state index contributed by atoms with van der Waals surface area (Å²) in [6, 6.07) is 0. The van der Waals surface area contributed by atoms with Crippen molar-refractivity contribution < 1.29 is 40.7 Å². The van der Waals surface area contributed by atoms with Crippen LogP contribution < -0.4 is 0 Å². The molecule has 63 valence electrons. The van der Waals surface area contributed by atoms with E-state index in [0.29, 0.717) is 0 Å². The van der Waals surface area contributed by atoms with Crippen LogP contribution in [0.5, 0.6) is 0 Å². The third-order valence-corrected chi connectivity index (χ3v) is 0.742. The fourth-order valence-corrected chi connectivity index (χ4v) is 0.502. The molecule has 0 amide bonds. The van der Waals surface area contributed by atoms with Crippen molar-refractivity contribution in [3.8, 4) is 0 Å². The normalized spacial score (nSPS) is 7.91. The van der Waals surface area contributed by atoms with Crippen molar-refractivity contribution in [2.24, 2.45) is 0 Å². The van der Waals surface area contributed by atoms with Crippen molar-refractivity contribution in [2.45, 2.75) is 6.92 Å². The van der Waals surface area contributed by atoms with Crippen LogP contribution >= 0.6 is 7.82 Å². The third kappa shape index (κ3) is 24.7. The fraction of sp³-hybridized carbons (Fsp3) is 0.500. The van der Waals surface area contributed by atoms with Gasteiger partial charge in [0.1, 0.15) is 0 Å². The van der Waals surface area contributed by atoms with Gasteiger partial charge in [0.15, 0.2) is 0 Å². The van der Waals surface area contributed by atoms with Gasteiger partial charge in [-0.1, -0.05) is 0 Å². The summed E-state index contributed by atoms with van der Waals surface area (Å²) in [5, 5.41) is 0. The second-order valence-electron chi connectivity index (χ2n) is 1.07. The summed E-state index contributed by atoms with van der Waals surface area (Å²) in [7, 11) is -4.57. The summed E-state index contributed by atoms with van der Waals surface area (Å²) in [5.41, 5.74) is 0. The van der Waals surface area contributed by atoms with Gasteiger partial charge in [-0.2, -0.15) is 0 Å². The summed E-state index contributed by atoms with van der Waals surface area (Å²) in [4.78, 5) is 25.5. The minimum absolute atomic E-state index is 0. The van der Waals surface area contributed by atoms with Gasteiger partial charge in [0.2, 0.25) is 0 Å². The van der Waals surface area contributed by atoms with Crippen molar-refractivity contribution in [2.75, 3.05) is 0 Å². The van der Waals surface area contributed by atoms with E-state index in [1.54, 1.807) is 0 Å². The molecule has 0 aromatic carbocycles. The molecule has 0 unspecified atom stereocenters. The first-order valence-electron chi connectivity index (χ1n) is 1.67. The average Bonchev–Trinajstić information content (AvgIpc) is 1.21. The molecule has 0 aromatic rings. The van der Waals surface area contributed by atoms with Crippen molar-refractivity contribution in [1.29, 1.82) is 0 Å². The Balaban J connectivity index is -0.0000000817. The molecule has 2 N–H and O–H groups in total.